The first-order chi connectivity index (χ1) is 16.1. The van der Waals surface area contributed by atoms with Gasteiger partial charge >= 0.3 is 0 Å². The zero-order valence-corrected chi connectivity index (χ0v) is 19.7. The molecule has 0 aliphatic carbocycles. The van der Waals surface area contributed by atoms with E-state index in [1.165, 1.54) is 23.1 Å². The van der Waals surface area contributed by atoms with E-state index in [9.17, 15) is 27.5 Å². The maximum Gasteiger partial charge on any atom is 0.295 e. The molecule has 0 bridgehead atoms. The Kier molecular flexibility index (Phi) is 6.49. The minimum absolute atomic E-state index is 0.103. The number of rotatable bonds is 6. The van der Waals surface area contributed by atoms with Crippen molar-refractivity contribution in [1.29, 1.82) is 0 Å². The summed E-state index contributed by atoms with van der Waals surface area (Å²) in [5.74, 6) is -2.30. The van der Waals surface area contributed by atoms with Gasteiger partial charge in [-0.2, -0.15) is 0 Å². The molecule has 0 radical (unpaired) electrons. The average molecular weight is 488 g/mol. The molecule has 0 unspecified atom stereocenters. The van der Waals surface area contributed by atoms with Crippen LogP contribution in [0, 0.1) is 11.7 Å². The number of Topliss-reactive ketones (excluding diaryl/α,β-unsaturated/α-hetero) is 1. The number of aliphatic hydroxyl groups excluding tert-OH is 1. The van der Waals surface area contributed by atoms with E-state index in [2.05, 4.69) is 0 Å². The fraction of sp³-hybridized carbons (Fsp3) is 0.360. The van der Waals surface area contributed by atoms with E-state index >= 15 is 0 Å². The lowest BCUT2D eigenvalue weighted by molar-refractivity contribution is -0.141. The van der Waals surface area contributed by atoms with Crippen LogP contribution in [0.4, 0.5) is 4.39 Å². The van der Waals surface area contributed by atoms with Crippen LogP contribution in [0.15, 0.2) is 54.1 Å². The Morgan fingerprint density at radius 3 is 2.47 bits per heavy atom. The van der Waals surface area contributed by atoms with Gasteiger partial charge in [-0.3, -0.25) is 9.59 Å². The summed E-state index contributed by atoms with van der Waals surface area (Å²) in [6, 6.07) is 9.99. The molecule has 2 fully saturated rings. The van der Waals surface area contributed by atoms with E-state index in [1.54, 1.807) is 30.3 Å². The topological polar surface area (TPSA) is 101 Å². The summed E-state index contributed by atoms with van der Waals surface area (Å²) in [5.41, 5.74) is 0.369. The van der Waals surface area contributed by atoms with Crippen LogP contribution in [0.1, 0.15) is 37.4 Å². The second-order valence-electron chi connectivity index (χ2n) is 9.05. The van der Waals surface area contributed by atoms with E-state index in [0.29, 0.717) is 18.3 Å². The van der Waals surface area contributed by atoms with Crippen molar-refractivity contribution in [2.45, 2.75) is 32.4 Å². The molecule has 0 aromatic heterocycles. The third-order valence-electron chi connectivity index (χ3n) is 5.96. The molecule has 0 spiro atoms. The summed E-state index contributed by atoms with van der Waals surface area (Å²) in [6.45, 7) is 4.54. The van der Waals surface area contributed by atoms with Gasteiger partial charge in [0.2, 0.25) is 0 Å². The summed E-state index contributed by atoms with van der Waals surface area (Å²) >= 11 is 0. The molecule has 7 nitrogen and oxygen atoms in total. The Balaban J connectivity index is 1.78. The van der Waals surface area contributed by atoms with Gasteiger partial charge in [-0.15, -0.1) is 0 Å². The number of aliphatic hydroxyl groups is 1. The zero-order valence-electron chi connectivity index (χ0n) is 18.9. The average Bonchev–Trinajstić information content (AvgIpc) is 3.28. The quantitative estimate of drug-likeness (QED) is 0.380. The van der Waals surface area contributed by atoms with Crippen molar-refractivity contribution in [1.82, 2.24) is 4.90 Å². The molecule has 9 heteroatoms. The number of benzene rings is 2. The maximum atomic E-state index is 14.1. The lowest BCUT2D eigenvalue weighted by atomic mass is 9.94. The second kappa shape index (κ2) is 9.21. The maximum absolute atomic E-state index is 14.1. The molecular weight excluding hydrogens is 461 g/mol. The molecule has 0 saturated carbocycles. The van der Waals surface area contributed by atoms with Crippen LogP contribution in [-0.4, -0.2) is 54.3 Å². The van der Waals surface area contributed by atoms with Gasteiger partial charge in [0.05, 0.1) is 29.7 Å². The number of carbonyl (C=O) groups excluding carboxylic acids is 2. The van der Waals surface area contributed by atoms with Crippen LogP contribution in [-0.2, 0) is 19.4 Å². The van der Waals surface area contributed by atoms with Crippen molar-refractivity contribution in [3.63, 3.8) is 0 Å². The molecule has 2 aromatic rings. The van der Waals surface area contributed by atoms with Gasteiger partial charge in [0, 0.05) is 11.6 Å². The minimum Gasteiger partial charge on any atom is -0.507 e. The first-order valence-electron chi connectivity index (χ1n) is 11.1. The fourth-order valence-electron chi connectivity index (χ4n) is 4.35. The number of hydrogen-bond acceptors (Lipinski definition) is 6. The summed E-state index contributed by atoms with van der Waals surface area (Å²) in [4.78, 5) is 27.3. The third kappa shape index (κ3) is 4.70. The first kappa shape index (κ1) is 23.9. The first-order valence-corrected chi connectivity index (χ1v) is 12.9. The predicted octanol–water partition coefficient (Wildman–Crippen LogP) is 3.47. The van der Waals surface area contributed by atoms with E-state index in [4.69, 9.17) is 4.74 Å². The van der Waals surface area contributed by atoms with Crippen LogP contribution >= 0.6 is 0 Å². The standard InChI is InChI=1S/C25H26FNO6S/c1-15(2)13-33-20-8-6-16(7-9-20)23(28)21-22(17-4-3-5-18(26)12-17)27(25(30)24(21)29)19-10-11-34(31,32)14-19/h3-9,12,15,19,22,28H,10-11,13-14H2,1-2H3/t19-,22-/m0/s1. The number of hydrogen-bond donors (Lipinski definition) is 1. The van der Waals surface area contributed by atoms with Crippen LogP contribution in [0.3, 0.4) is 0 Å². The Morgan fingerprint density at radius 1 is 1.18 bits per heavy atom. The largest absolute Gasteiger partial charge is 0.507 e. The fourth-order valence-corrected chi connectivity index (χ4v) is 6.06. The normalized spacial score (nSPS) is 23.6. The van der Waals surface area contributed by atoms with E-state index in [0.717, 1.165) is 0 Å². The molecular formula is C25H26FNO6S. The second-order valence-corrected chi connectivity index (χ2v) is 11.3. The summed E-state index contributed by atoms with van der Waals surface area (Å²) < 4.78 is 43.9. The number of ether oxygens (including phenoxy) is 1. The number of carbonyl (C=O) groups is 2. The van der Waals surface area contributed by atoms with Crippen molar-refractivity contribution in [2.24, 2.45) is 5.92 Å². The SMILES string of the molecule is CC(C)COc1ccc(C(O)=C2C(=O)C(=O)N([C@H]3CCS(=O)(=O)C3)[C@H]2c2cccc(F)c2)cc1. The van der Waals surface area contributed by atoms with Crippen molar-refractivity contribution in [3.8, 4) is 5.75 Å². The highest BCUT2D eigenvalue weighted by Crippen LogP contribution is 2.42. The Hall–Kier alpha value is -3.20. The van der Waals surface area contributed by atoms with Gasteiger partial charge in [-0.25, -0.2) is 12.8 Å². The Bertz CT molecular complexity index is 1250. The van der Waals surface area contributed by atoms with E-state index in [-0.39, 0.29) is 34.6 Å². The van der Waals surface area contributed by atoms with Crippen molar-refractivity contribution in [3.05, 3.63) is 71.0 Å². The molecule has 2 atom stereocenters. The van der Waals surface area contributed by atoms with Gasteiger partial charge in [-0.05, 0) is 54.3 Å². The highest BCUT2D eigenvalue weighted by Gasteiger charge is 2.51. The summed E-state index contributed by atoms with van der Waals surface area (Å²) in [7, 11) is -3.37. The molecule has 2 aliphatic heterocycles. The van der Waals surface area contributed by atoms with E-state index in [1.807, 2.05) is 13.8 Å². The highest BCUT2D eigenvalue weighted by molar-refractivity contribution is 7.91. The monoisotopic (exact) mass is 487 g/mol. The van der Waals surface area contributed by atoms with Crippen molar-refractivity contribution < 1.29 is 32.2 Å². The smallest absolute Gasteiger partial charge is 0.295 e. The van der Waals surface area contributed by atoms with Gasteiger partial charge in [-0.1, -0.05) is 26.0 Å². The number of sulfone groups is 1. The Labute approximate surface area is 197 Å². The molecule has 180 valence electrons. The lowest BCUT2D eigenvalue weighted by Gasteiger charge is -2.30. The molecule has 2 heterocycles. The number of nitrogens with zero attached hydrogens (tertiary/aromatic N) is 1. The molecule has 2 saturated heterocycles. The van der Waals surface area contributed by atoms with Crippen LogP contribution < -0.4 is 4.74 Å². The molecule has 1 amide bonds. The lowest BCUT2D eigenvalue weighted by Crippen LogP contribution is -2.40. The summed E-state index contributed by atoms with van der Waals surface area (Å²) in [6.07, 6.45) is 0.170. The van der Waals surface area contributed by atoms with Crippen LogP contribution in [0.2, 0.25) is 0 Å². The van der Waals surface area contributed by atoms with Crippen LogP contribution in [0.25, 0.3) is 5.76 Å². The van der Waals surface area contributed by atoms with Gasteiger partial charge < -0.3 is 14.7 Å². The molecule has 1 N–H and O–H groups in total. The zero-order chi connectivity index (χ0) is 24.6. The van der Waals surface area contributed by atoms with Gasteiger partial charge in [0.25, 0.3) is 11.7 Å². The van der Waals surface area contributed by atoms with Crippen LogP contribution in [0.5, 0.6) is 5.75 Å². The number of amides is 1. The molecule has 2 aromatic carbocycles. The molecule has 4 rings (SSSR count). The number of ketones is 1. The van der Waals surface area contributed by atoms with Crippen molar-refractivity contribution >= 4 is 27.3 Å². The third-order valence-corrected chi connectivity index (χ3v) is 7.71. The summed E-state index contributed by atoms with van der Waals surface area (Å²) in [5, 5.41) is 11.1. The molecule has 2 aliphatic rings. The number of likely N-dealkylation sites (tertiary alicyclic amines) is 1. The van der Waals surface area contributed by atoms with Crippen molar-refractivity contribution in [2.75, 3.05) is 18.1 Å². The number of halogens is 1. The van der Waals surface area contributed by atoms with E-state index < -0.39 is 45.2 Å². The highest BCUT2D eigenvalue weighted by atomic mass is 32.2. The minimum atomic E-state index is -3.37. The Morgan fingerprint density at radius 2 is 1.88 bits per heavy atom. The van der Waals surface area contributed by atoms with Gasteiger partial charge in [0.1, 0.15) is 17.3 Å². The predicted molar refractivity (Wildman–Crippen MR) is 124 cm³/mol. The molecule has 34 heavy (non-hydrogen) atoms. The van der Waals surface area contributed by atoms with Gasteiger partial charge in [0.15, 0.2) is 9.84 Å².